The Kier molecular flexibility index (Phi) is 6.81. The zero-order valence-electron chi connectivity index (χ0n) is 15.0. The van der Waals surface area contributed by atoms with Gasteiger partial charge in [0, 0.05) is 12.6 Å². The molecular weight excluding hydrogens is 396 g/mol. The molecule has 0 heterocycles. The first kappa shape index (κ1) is 21.5. The summed E-state index contributed by atoms with van der Waals surface area (Å²) in [6, 6.07) is 7.59. The Morgan fingerprint density at radius 3 is 2.29 bits per heavy atom. The Morgan fingerprint density at radius 2 is 1.71 bits per heavy atom. The second-order valence-corrected chi connectivity index (χ2v) is 7.69. The summed E-state index contributed by atoms with van der Waals surface area (Å²) in [4.78, 5) is 23.6. The van der Waals surface area contributed by atoms with Gasteiger partial charge in [0.2, 0.25) is 10.0 Å². The molecule has 0 aliphatic heterocycles. The maximum Gasteiger partial charge on any atom is 0.321 e. The first-order valence-electron chi connectivity index (χ1n) is 7.89. The van der Waals surface area contributed by atoms with Crippen LogP contribution in [0, 0.1) is 11.6 Å². The normalized spacial score (nSPS) is 11.3. The van der Waals surface area contributed by atoms with Crippen LogP contribution in [-0.4, -0.2) is 51.8 Å². The summed E-state index contributed by atoms with van der Waals surface area (Å²) in [6.45, 7) is -1.35. The van der Waals surface area contributed by atoms with Crippen LogP contribution in [0.1, 0.15) is 10.4 Å². The third kappa shape index (κ3) is 5.11. The van der Waals surface area contributed by atoms with Gasteiger partial charge in [0.25, 0.3) is 0 Å². The summed E-state index contributed by atoms with van der Waals surface area (Å²) in [5.41, 5.74) is -0.0293. The van der Waals surface area contributed by atoms with E-state index < -0.39 is 46.6 Å². The molecule has 0 fully saturated rings. The van der Waals surface area contributed by atoms with E-state index in [0.717, 1.165) is 37.4 Å². The lowest BCUT2D eigenvalue weighted by molar-refractivity contribution is -0.142. The summed E-state index contributed by atoms with van der Waals surface area (Å²) in [5, 5.41) is 0. The van der Waals surface area contributed by atoms with Gasteiger partial charge in [0.15, 0.2) is 24.0 Å². The molecule has 0 bridgehead atoms. The topological polar surface area (TPSA) is 90.0 Å². The molecule has 150 valence electrons. The largest absolute Gasteiger partial charge is 0.494 e. The minimum Gasteiger partial charge on any atom is -0.494 e. The van der Waals surface area contributed by atoms with Gasteiger partial charge in [-0.15, -0.1) is 0 Å². The van der Waals surface area contributed by atoms with E-state index in [1.165, 1.54) is 19.2 Å². The minimum absolute atomic E-state index is 0.0293. The van der Waals surface area contributed by atoms with Crippen LogP contribution in [0.25, 0.3) is 0 Å². The van der Waals surface area contributed by atoms with E-state index >= 15 is 0 Å². The lowest BCUT2D eigenvalue weighted by Crippen LogP contribution is -2.33. The molecule has 10 heteroatoms. The number of carbonyl (C=O) groups is 2. The Labute approximate surface area is 160 Å². The summed E-state index contributed by atoms with van der Waals surface area (Å²) < 4.78 is 61.4. The van der Waals surface area contributed by atoms with Crippen molar-refractivity contribution in [2.75, 3.05) is 27.3 Å². The van der Waals surface area contributed by atoms with Crippen molar-refractivity contribution in [2.24, 2.45) is 0 Å². The van der Waals surface area contributed by atoms with E-state index in [0.29, 0.717) is 4.31 Å². The average Bonchev–Trinajstić information content (AvgIpc) is 2.66. The number of carbonyl (C=O) groups excluding carboxylic acids is 2. The lowest BCUT2D eigenvalue weighted by atomic mass is 10.1. The number of ether oxygens (including phenoxy) is 2. The molecule has 0 saturated heterocycles. The molecule has 0 amide bonds. The van der Waals surface area contributed by atoms with Gasteiger partial charge < -0.3 is 9.47 Å². The lowest BCUT2D eigenvalue weighted by Gasteiger charge is -2.16. The zero-order valence-corrected chi connectivity index (χ0v) is 15.8. The number of esters is 1. The van der Waals surface area contributed by atoms with Crippen molar-refractivity contribution < 1.29 is 36.3 Å². The third-order valence-electron chi connectivity index (χ3n) is 3.71. The zero-order chi connectivity index (χ0) is 20.9. The van der Waals surface area contributed by atoms with Crippen molar-refractivity contribution >= 4 is 21.8 Å². The highest BCUT2D eigenvalue weighted by Gasteiger charge is 2.24. The molecule has 0 aromatic heterocycles. The highest BCUT2D eigenvalue weighted by Crippen LogP contribution is 2.18. The first-order chi connectivity index (χ1) is 13.1. The van der Waals surface area contributed by atoms with Crippen LogP contribution in [0.3, 0.4) is 0 Å². The summed E-state index contributed by atoms with van der Waals surface area (Å²) in [6.07, 6.45) is 0. The van der Waals surface area contributed by atoms with Crippen LogP contribution < -0.4 is 4.74 Å². The molecule has 0 atom stereocenters. The molecule has 2 aromatic carbocycles. The predicted molar refractivity (Wildman–Crippen MR) is 94.5 cm³/mol. The standard InChI is InChI=1S/C18H17F2NO6S/c1-21(28(24,25)14-6-4-13(19)5-7-14)10-18(23)27-11-16(22)12-3-8-17(26-2)15(20)9-12/h3-9H,10-11H2,1-2H3. The number of rotatable bonds is 8. The Morgan fingerprint density at radius 1 is 1.07 bits per heavy atom. The molecule has 0 unspecified atom stereocenters. The number of methoxy groups -OCH3 is 1. The van der Waals surface area contributed by atoms with Crippen molar-refractivity contribution in [1.82, 2.24) is 4.31 Å². The van der Waals surface area contributed by atoms with Crippen molar-refractivity contribution in [1.29, 1.82) is 0 Å². The van der Waals surface area contributed by atoms with Crippen molar-refractivity contribution in [3.8, 4) is 5.75 Å². The van der Waals surface area contributed by atoms with Crippen LogP contribution in [0.4, 0.5) is 8.78 Å². The molecule has 2 aromatic rings. The molecule has 0 aliphatic rings. The van der Waals surface area contributed by atoms with E-state index in [-0.39, 0.29) is 16.2 Å². The van der Waals surface area contributed by atoms with Gasteiger partial charge >= 0.3 is 5.97 Å². The number of halogens is 2. The molecule has 28 heavy (non-hydrogen) atoms. The van der Waals surface area contributed by atoms with E-state index in [1.54, 1.807) is 0 Å². The fraction of sp³-hybridized carbons (Fsp3) is 0.222. The van der Waals surface area contributed by atoms with E-state index in [4.69, 9.17) is 9.47 Å². The van der Waals surface area contributed by atoms with Crippen LogP contribution in [-0.2, 0) is 19.6 Å². The van der Waals surface area contributed by atoms with Gasteiger partial charge in [-0.05, 0) is 42.5 Å². The Balaban J connectivity index is 1.95. The summed E-state index contributed by atoms with van der Waals surface area (Å²) in [5.74, 6) is -3.03. The highest BCUT2D eigenvalue weighted by atomic mass is 32.2. The fourth-order valence-electron chi connectivity index (χ4n) is 2.17. The maximum absolute atomic E-state index is 13.6. The number of ketones is 1. The van der Waals surface area contributed by atoms with Crippen LogP contribution in [0.5, 0.6) is 5.75 Å². The number of benzene rings is 2. The molecule has 0 N–H and O–H groups in total. The second-order valence-electron chi connectivity index (χ2n) is 5.65. The van der Waals surface area contributed by atoms with Crippen LogP contribution in [0.2, 0.25) is 0 Å². The van der Waals surface area contributed by atoms with Crippen molar-refractivity contribution in [2.45, 2.75) is 4.90 Å². The average molecular weight is 413 g/mol. The SMILES string of the molecule is COc1ccc(C(=O)COC(=O)CN(C)S(=O)(=O)c2ccc(F)cc2)cc1F. The molecule has 0 radical (unpaired) electrons. The summed E-state index contributed by atoms with van der Waals surface area (Å²) in [7, 11) is -1.62. The number of nitrogens with zero attached hydrogens (tertiary/aromatic N) is 1. The van der Waals surface area contributed by atoms with Gasteiger partial charge in [0.1, 0.15) is 12.4 Å². The molecule has 2 rings (SSSR count). The molecular formula is C18H17F2NO6S. The van der Waals surface area contributed by atoms with Gasteiger partial charge in [0.05, 0.1) is 12.0 Å². The Hall–Kier alpha value is -2.85. The predicted octanol–water partition coefficient (Wildman–Crippen LogP) is 2.02. The smallest absolute Gasteiger partial charge is 0.321 e. The first-order valence-corrected chi connectivity index (χ1v) is 9.33. The second kappa shape index (κ2) is 8.89. The molecule has 7 nitrogen and oxygen atoms in total. The van der Waals surface area contributed by atoms with Gasteiger partial charge in [-0.2, -0.15) is 4.31 Å². The minimum atomic E-state index is -4.04. The van der Waals surface area contributed by atoms with Gasteiger partial charge in [-0.1, -0.05) is 0 Å². The molecule has 0 aliphatic carbocycles. The Bertz CT molecular complexity index is 976. The monoisotopic (exact) mass is 413 g/mol. The fourth-order valence-corrected chi connectivity index (χ4v) is 3.28. The molecule has 0 saturated carbocycles. The third-order valence-corrected chi connectivity index (χ3v) is 5.53. The number of likely N-dealkylation sites (N-methyl/N-ethyl adjacent to an activating group) is 1. The quantitative estimate of drug-likeness (QED) is 0.486. The number of Topliss-reactive ketones (excluding diaryl/α,β-unsaturated/α-hetero) is 1. The van der Waals surface area contributed by atoms with Crippen molar-refractivity contribution in [3.63, 3.8) is 0 Å². The van der Waals surface area contributed by atoms with Gasteiger partial charge in [-0.25, -0.2) is 17.2 Å². The van der Waals surface area contributed by atoms with Crippen LogP contribution in [0.15, 0.2) is 47.4 Å². The van der Waals surface area contributed by atoms with Crippen LogP contribution >= 0.6 is 0 Å². The van der Waals surface area contributed by atoms with E-state index in [9.17, 15) is 26.8 Å². The van der Waals surface area contributed by atoms with E-state index in [1.807, 2.05) is 0 Å². The maximum atomic E-state index is 13.6. The number of hydrogen-bond acceptors (Lipinski definition) is 6. The van der Waals surface area contributed by atoms with Crippen molar-refractivity contribution in [3.05, 3.63) is 59.7 Å². The summed E-state index contributed by atoms with van der Waals surface area (Å²) >= 11 is 0. The molecule has 0 spiro atoms. The highest BCUT2D eigenvalue weighted by molar-refractivity contribution is 7.89. The van der Waals surface area contributed by atoms with E-state index in [2.05, 4.69) is 0 Å². The van der Waals surface area contributed by atoms with Gasteiger partial charge in [-0.3, -0.25) is 9.59 Å². The number of sulfonamides is 1. The number of hydrogen-bond donors (Lipinski definition) is 0.